The van der Waals surface area contributed by atoms with Crippen LogP contribution in [0.4, 0.5) is 0 Å². The molecule has 2 atom stereocenters. The van der Waals surface area contributed by atoms with Gasteiger partial charge in [0.2, 0.25) is 0 Å². The Labute approximate surface area is 127 Å². The Kier molecular flexibility index (Phi) is 6.00. The Morgan fingerprint density at radius 2 is 2.20 bits per heavy atom. The molecule has 1 aliphatic rings. The van der Waals surface area contributed by atoms with Crippen LogP contribution in [0.2, 0.25) is 0 Å². The molecule has 0 aromatic carbocycles. The maximum atomic E-state index is 4.41. The van der Waals surface area contributed by atoms with Crippen molar-refractivity contribution in [2.24, 2.45) is 11.8 Å². The van der Waals surface area contributed by atoms with E-state index in [1.165, 1.54) is 18.7 Å². The number of hydrogen-bond acceptors (Lipinski definition) is 4. The fourth-order valence-electron chi connectivity index (χ4n) is 3.16. The van der Waals surface area contributed by atoms with E-state index in [4.69, 9.17) is 0 Å². The second-order valence-electron chi connectivity index (χ2n) is 6.77. The molecule has 0 bridgehead atoms. The second-order valence-corrected chi connectivity index (χ2v) is 7.49. The van der Waals surface area contributed by atoms with Gasteiger partial charge in [-0.1, -0.05) is 27.7 Å². The first kappa shape index (κ1) is 15.9. The number of thiazole rings is 1. The van der Waals surface area contributed by atoms with Gasteiger partial charge in [-0.2, -0.15) is 0 Å². The Hall–Kier alpha value is -0.450. The van der Waals surface area contributed by atoms with Crippen molar-refractivity contribution >= 4 is 11.3 Å². The molecule has 20 heavy (non-hydrogen) atoms. The van der Waals surface area contributed by atoms with Gasteiger partial charge in [0, 0.05) is 43.5 Å². The highest BCUT2D eigenvalue weighted by atomic mass is 32.1. The summed E-state index contributed by atoms with van der Waals surface area (Å²) in [6.45, 7) is 12.8. The molecule has 3 nitrogen and oxygen atoms in total. The minimum absolute atomic E-state index is 0.653. The van der Waals surface area contributed by atoms with Crippen molar-refractivity contribution in [1.29, 1.82) is 0 Å². The van der Waals surface area contributed by atoms with E-state index in [-0.39, 0.29) is 0 Å². The van der Waals surface area contributed by atoms with E-state index >= 15 is 0 Å². The largest absolute Gasteiger partial charge is 0.311 e. The van der Waals surface area contributed by atoms with Crippen LogP contribution in [0.25, 0.3) is 0 Å². The molecule has 4 heteroatoms. The Balaban J connectivity index is 1.92. The molecule has 1 aromatic rings. The summed E-state index contributed by atoms with van der Waals surface area (Å²) in [5.41, 5.74) is 3.19. The highest BCUT2D eigenvalue weighted by molar-refractivity contribution is 7.07. The minimum Gasteiger partial charge on any atom is -0.311 e. The monoisotopic (exact) mass is 295 g/mol. The first-order chi connectivity index (χ1) is 9.56. The molecule has 1 fully saturated rings. The molecule has 1 N–H and O–H groups in total. The maximum Gasteiger partial charge on any atom is 0.0794 e. The maximum absolute atomic E-state index is 4.41. The quantitative estimate of drug-likeness (QED) is 0.874. The molecule has 0 aliphatic carbocycles. The molecular formula is C16H29N3S. The Morgan fingerprint density at radius 1 is 1.40 bits per heavy atom. The molecule has 2 rings (SSSR count). The summed E-state index contributed by atoms with van der Waals surface area (Å²) in [4.78, 5) is 7.10. The van der Waals surface area contributed by atoms with Crippen molar-refractivity contribution in [3.05, 3.63) is 16.6 Å². The first-order valence-electron chi connectivity index (χ1n) is 7.90. The first-order valence-corrected chi connectivity index (χ1v) is 8.85. The minimum atomic E-state index is 0.653. The van der Waals surface area contributed by atoms with E-state index < -0.39 is 0 Å². The van der Waals surface area contributed by atoms with Crippen LogP contribution in [0, 0.1) is 11.8 Å². The van der Waals surface area contributed by atoms with Gasteiger partial charge < -0.3 is 5.32 Å². The number of aromatic nitrogens is 1. The van der Waals surface area contributed by atoms with Crippen LogP contribution in [0.1, 0.15) is 39.8 Å². The van der Waals surface area contributed by atoms with Gasteiger partial charge in [0.15, 0.2) is 0 Å². The molecule has 2 unspecified atom stereocenters. The molecule has 1 aliphatic heterocycles. The van der Waals surface area contributed by atoms with Crippen LogP contribution in [0.5, 0.6) is 0 Å². The lowest BCUT2D eigenvalue weighted by Crippen LogP contribution is -2.58. The van der Waals surface area contributed by atoms with E-state index in [0.717, 1.165) is 25.4 Å². The molecular weight excluding hydrogens is 266 g/mol. The highest BCUT2D eigenvalue weighted by Crippen LogP contribution is 2.19. The van der Waals surface area contributed by atoms with Gasteiger partial charge in [-0.15, -0.1) is 11.3 Å². The average molecular weight is 295 g/mol. The zero-order valence-electron chi connectivity index (χ0n) is 13.3. The van der Waals surface area contributed by atoms with Gasteiger partial charge in [0.25, 0.3) is 0 Å². The van der Waals surface area contributed by atoms with Gasteiger partial charge in [0.05, 0.1) is 11.2 Å². The third-order valence-electron chi connectivity index (χ3n) is 4.20. The van der Waals surface area contributed by atoms with Crippen LogP contribution in [0.15, 0.2) is 10.9 Å². The summed E-state index contributed by atoms with van der Waals surface area (Å²) < 4.78 is 0. The number of nitrogens with one attached hydrogen (secondary N) is 1. The predicted molar refractivity (Wildman–Crippen MR) is 87.3 cm³/mol. The third-order valence-corrected chi connectivity index (χ3v) is 4.84. The van der Waals surface area contributed by atoms with Crippen molar-refractivity contribution in [1.82, 2.24) is 15.2 Å². The number of rotatable bonds is 6. The van der Waals surface area contributed by atoms with E-state index in [1.807, 2.05) is 5.51 Å². The fraction of sp³-hybridized carbons (Fsp3) is 0.812. The summed E-state index contributed by atoms with van der Waals surface area (Å²) >= 11 is 1.70. The van der Waals surface area contributed by atoms with Crippen molar-refractivity contribution in [2.45, 2.75) is 52.6 Å². The lowest BCUT2D eigenvalue weighted by atomic mass is 9.94. The molecule has 1 aromatic heterocycles. The normalized spacial score (nSPS) is 24.7. The standard InChI is InChI=1S/C16H29N3S/c1-12(2)7-15-9-19(16(8-17-15)13(3)4)6-5-14-10-20-11-18-14/h10-13,15-17H,5-9H2,1-4H3. The Morgan fingerprint density at radius 3 is 2.80 bits per heavy atom. The predicted octanol–water partition coefficient (Wildman–Crippen LogP) is 3.03. The van der Waals surface area contributed by atoms with Gasteiger partial charge in [-0.3, -0.25) is 4.90 Å². The van der Waals surface area contributed by atoms with Crippen LogP contribution in [-0.2, 0) is 6.42 Å². The van der Waals surface area contributed by atoms with Crippen molar-refractivity contribution in [3.8, 4) is 0 Å². The lowest BCUT2D eigenvalue weighted by molar-refractivity contribution is 0.0932. The summed E-state index contributed by atoms with van der Waals surface area (Å²) in [6, 6.07) is 1.32. The number of nitrogens with zero attached hydrogens (tertiary/aromatic N) is 2. The topological polar surface area (TPSA) is 28.2 Å². The van der Waals surface area contributed by atoms with Gasteiger partial charge in [-0.25, -0.2) is 4.98 Å². The molecule has 2 heterocycles. The molecule has 0 amide bonds. The molecule has 0 saturated carbocycles. The molecule has 114 valence electrons. The van der Waals surface area contributed by atoms with Gasteiger partial charge in [-0.05, 0) is 18.3 Å². The van der Waals surface area contributed by atoms with Crippen LogP contribution in [-0.4, -0.2) is 41.6 Å². The summed E-state index contributed by atoms with van der Waals surface area (Å²) in [5, 5.41) is 5.93. The van der Waals surface area contributed by atoms with Gasteiger partial charge >= 0.3 is 0 Å². The van der Waals surface area contributed by atoms with Crippen LogP contribution < -0.4 is 5.32 Å². The van der Waals surface area contributed by atoms with E-state index in [1.54, 1.807) is 11.3 Å². The second kappa shape index (κ2) is 7.53. The Bertz CT molecular complexity index is 375. The van der Waals surface area contributed by atoms with Crippen LogP contribution >= 0.6 is 11.3 Å². The van der Waals surface area contributed by atoms with E-state index in [0.29, 0.717) is 18.0 Å². The lowest BCUT2D eigenvalue weighted by Gasteiger charge is -2.43. The van der Waals surface area contributed by atoms with Crippen molar-refractivity contribution in [3.63, 3.8) is 0 Å². The summed E-state index contributed by atoms with van der Waals surface area (Å²) in [7, 11) is 0. The highest BCUT2D eigenvalue weighted by Gasteiger charge is 2.29. The zero-order chi connectivity index (χ0) is 14.5. The van der Waals surface area contributed by atoms with E-state index in [9.17, 15) is 0 Å². The summed E-state index contributed by atoms with van der Waals surface area (Å²) in [6.07, 6.45) is 2.36. The smallest absolute Gasteiger partial charge is 0.0794 e. The SMILES string of the molecule is CC(C)CC1CN(CCc2cscn2)C(C(C)C)CN1. The average Bonchev–Trinajstić information content (AvgIpc) is 2.88. The van der Waals surface area contributed by atoms with Crippen molar-refractivity contribution < 1.29 is 0 Å². The fourth-order valence-corrected chi connectivity index (χ4v) is 3.75. The summed E-state index contributed by atoms with van der Waals surface area (Å²) in [5.74, 6) is 1.47. The van der Waals surface area contributed by atoms with Crippen LogP contribution in [0.3, 0.4) is 0 Å². The van der Waals surface area contributed by atoms with E-state index in [2.05, 4.69) is 48.3 Å². The third kappa shape index (κ3) is 4.54. The number of hydrogen-bond donors (Lipinski definition) is 1. The molecule has 0 radical (unpaired) electrons. The zero-order valence-corrected chi connectivity index (χ0v) is 14.1. The molecule has 1 saturated heterocycles. The van der Waals surface area contributed by atoms with Crippen molar-refractivity contribution in [2.75, 3.05) is 19.6 Å². The molecule has 0 spiro atoms. The van der Waals surface area contributed by atoms with Gasteiger partial charge in [0.1, 0.15) is 0 Å². The number of piperazine rings is 1.